The fourth-order valence-corrected chi connectivity index (χ4v) is 2.73. The van der Waals surface area contributed by atoms with Crippen LogP contribution in [0.5, 0.6) is 0 Å². The molecule has 7 heteroatoms. The van der Waals surface area contributed by atoms with Gasteiger partial charge in [0.2, 0.25) is 5.91 Å². The molecule has 2 aromatic rings. The predicted molar refractivity (Wildman–Crippen MR) is 86.2 cm³/mol. The minimum Gasteiger partial charge on any atom is -0.348 e. The van der Waals surface area contributed by atoms with Gasteiger partial charge in [0.05, 0.1) is 12.0 Å². The van der Waals surface area contributed by atoms with Gasteiger partial charge in [-0.1, -0.05) is 12.1 Å². The fraction of sp³-hybridized carbons (Fsp3) is 0.222. The van der Waals surface area contributed by atoms with E-state index in [9.17, 15) is 22.8 Å². The summed E-state index contributed by atoms with van der Waals surface area (Å²) < 4.78 is 37.6. The SMILES string of the molecule is CN1C(=O)Cc2cc(CNC(=O)c3ccc(C(F)(F)F)cc3)ccc21. The summed E-state index contributed by atoms with van der Waals surface area (Å²) in [6, 6.07) is 9.53. The Balaban J connectivity index is 1.65. The lowest BCUT2D eigenvalue weighted by molar-refractivity contribution is -0.137. The first-order valence-corrected chi connectivity index (χ1v) is 7.59. The number of carbonyl (C=O) groups is 2. The zero-order chi connectivity index (χ0) is 18.2. The zero-order valence-electron chi connectivity index (χ0n) is 13.4. The van der Waals surface area contributed by atoms with Crippen molar-refractivity contribution in [1.82, 2.24) is 5.32 Å². The first-order valence-electron chi connectivity index (χ1n) is 7.59. The number of likely N-dealkylation sites (N-methyl/N-ethyl adjacent to an activating group) is 1. The van der Waals surface area contributed by atoms with Gasteiger partial charge in [-0.05, 0) is 41.5 Å². The number of benzene rings is 2. The average Bonchev–Trinajstić information content (AvgIpc) is 2.86. The Kier molecular flexibility index (Phi) is 4.24. The monoisotopic (exact) mass is 348 g/mol. The van der Waals surface area contributed by atoms with Crippen LogP contribution in [0.2, 0.25) is 0 Å². The molecule has 1 aliphatic heterocycles. The summed E-state index contributed by atoms with van der Waals surface area (Å²) in [7, 11) is 1.71. The number of hydrogen-bond donors (Lipinski definition) is 1. The maximum Gasteiger partial charge on any atom is 0.416 e. The zero-order valence-corrected chi connectivity index (χ0v) is 13.4. The molecule has 0 aliphatic carbocycles. The number of nitrogens with one attached hydrogen (secondary N) is 1. The van der Waals surface area contributed by atoms with Crippen LogP contribution in [0.4, 0.5) is 18.9 Å². The quantitative estimate of drug-likeness (QED) is 0.926. The lowest BCUT2D eigenvalue weighted by Crippen LogP contribution is -2.23. The maximum atomic E-state index is 12.5. The molecule has 0 saturated heterocycles. The summed E-state index contributed by atoms with van der Waals surface area (Å²) in [6.45, 7) is 0.227. The van der Waals surface area contributed by atoms with Gasteiger partial charge in [0.25, 0.3) is 5.91 Å². The first-order chi connectivity index (χ1) is 11.8. The Morgan fingerprint density at radius 3 is 2.48 bits per heavy atom. The number of anilines is 1. The summed E-state index contributed by atoms with van der Waals surface area (Å²) in [6.07, 6.45) is -4.10. The molecule has 0 saturated carbocycles. The van der Waals surface area contributed by atoms with Gasteiger partial charge in [0.1, 0.15) is 0 Å². The molecule has 2 aromatic carbocycles. The molecule has 3 rings (SSSR count). The maximum absolute atomic E-state index is 12.5. The first kappa shape index (κ1) is 17.0. The van der Waals surface area contributed by atoms with Crippen LogP contribution in [0.1, 0.15) is 27.0 Å². The van der Waals surface area contributed by atoms with E-state index in [0.717, 1.165) is 41.1 Å². The molecule has 2 amide bonds. The van der Waals surface area contributed by atoms with E-state index in [1.165, 1.54) is 0 Å². The molecule has 0 bridgehead atoms. The van der Waals surface area contributed by atoms with Crippen LogP contribution in [0.3, 0.4) is 0 Å². The second kappa shape index (κ2) is 6.23. The third-order valence-corrected chi connectivity index (χ3v) is 4.15. The van der Waals surface area contributed by atoms with Gasteiger partial charge in [-0.3, -0.25) is 9.59 Å². The van der Waals surface area contributed by atoms with Gasteiger partial charge in [0.15, 0.2) is 0 Å². The Hall–Kier alpha value is -2.83. The third kappa shape index (κ3) is 3.50. The van der Waals surface area contributed by atoms with Gasteiger partial charge in [-0.15, -0.1) is 0 Å². The van der Waals surface area contributed by atoms with Crippen molar-refractivity contribution in [2.24, 2.45) is 0 Å². The summed E-state index contributed by atoms with van der Waals surface area (Å²) in [4.78, 5) is 25.3. The highest BCUT2D eigenvalue weighted by molar-refractivity contribution is 6.01. The molecule has 0 unspecified atom stereocenters. The molecule has 0 aromatic heterocycles. The highest BCUT2D eigenvalue weighted by atomic mass is 19.4. The molecule has 0 fully saturated rings. The van der Waals surface area contributed by atoms with E-state index < -0.39 is 17.6 Å². The van der Waals surface area contributed by atoms with E-state index in [1.807, 2.05) is 12.1 Å². The van der Waals surface area contributed by atoms with E-state index in [0.29, 0.717) is 6.42 Å². The predicted octanol–water partition coefficient (Wildman–Crippen LogP) is 3.15. The number of nitrogens with zero attached hydrogens (tertiary/aromatic N) is 1. The smallest absolute Gasteiger partial charge is 0.348 e. The van der Waals surface area contributed by atoms with Crippen LogP contribution in [-0.4, -0.2) is 18.9 Å². The van der Waals surface area contributed by atoms with Gasteiger partial charge in [-0.2, -0.15) is 13.2 Å². The number of fused-ring (bicyclic) bond motifs is 1. The Bertz CT molecular complexity index is 829. The lowest BCUT2D eigenvalue weighted by Gasteiger charge is -2.11. The normalized spacial score (nSPS) is 13.8. The Morgan fingerprint density at radius 2 is 1.84 bits per heavy atom. The fourth-order valence-electron chi connectivity index (χ4n) is 2.73. The minimum absolute atomic E-state index is 0.0148. The number of halogens is 3. The van der Waals surface area contributed by atoms with Crippen molar-refractivity contribution in [3.05, 3.63) is 64.7 Å². The Labute approximate surface area is 142 Å². The van der Waals surface area contributed by atoms with E-state index in [1.54, 1.807) is 18.0 Å². The van der Waals surface area contributed by atoms with Crippen molar-refractivity contribution in [2.75, 3.05) is 11.9 Å². The van der Waals surface area contributed by atoms with Crippen molar-refractivity contribution in [1.29, 1.82) is 0 Å². The lowest BCUT2D eigenvalue weighted by atomic mass is 10.1. The molecular formula is C18H15F3N2O2. The molecule has 25 heavy (non-hydrogen) atoms. The van der Waals surface area contributed by atoms with E-state index in [4.69, 9.17) is 0 Å². The topological polar surface area (TPSA) is 49.4 Å². The molecule has 130 valence electrons. The molecule has 0 spiro atoms. The van der Waals surface area contributed by atoms with Crippen molar-refractivity contribution >= 4 is 17.5 Å². The summed E-state index contributed by atoms with van der Waals surface area (Å²) >= 11 is 0. The van der Waals surface area contributed by atoms with Crippen molar-refractivity contribution in [2.45, 2.75) is 19.1 Å². The molecule has 1 aliphatic rings. The number of hydrogen-bond acceptors (Lipinski definition) is 2. The molecular weight excluding hydrogens is 333 g/mol. The van der Waals surface area contributed by atoms with Crippen LogP contribution in [0.15, 0.2) is 42.5 Å². The second-order valence-corrected chi connectivity index (χ2v) is 5.85. The van der Waals surface area contributed by atoms with Crippen LogP contribution in [0, 0.1) is 0 Å². The van der Waals surface area contributed by atoms with Crippen LogP contribution in [0.25, 0.3) is 0 Å². The van der Waals surface area contributed by atoms with Crippen molar-refractivity contribution in [3.8, 4) is 0 Å². The summed E-state index contributed by atoms with van der Waals surface area (Å²) in [5, 5.41) is 2.67. The highest BCUT2D eigenvalue weighted by Gasteiger charge is 2.30. The third-order valence-electron chi connectivity index (χ3n) is 4.15. The molecule has 0 radical (unpaired) electrons. The van der Waals surface area contributed by atoms with E-state index in [2.05, 4.69) is 5.32 Å². The number of amides is 2. The minimum atomic E-state index is -4.43. The summed E-state index contributed by atoms with van der Waals surface area (Å²) in [5.41, 5.74) is 1.93. The number of rotatable bonds is 3. The van der Waals surface area contributed by atoms with Gasteiger partial charge >= 0.3 is 6.18 Å². The van der Waals surface area contributed by atoms with Crippen molar-refractivity contribution < 1.29 is 22.8 Å². The highest BCUT2D eigenvalue weighted by Crippen LogP contribution is 2.29. The van der Waals surface area contributed by atoms with Crippen molar-refractivity contribution in [3.63, 3.8) is 0 Å². The van der Waals surface area contributed by atoms with Gasteiger partial charge in [-0.25, -0.2) is 0 Å². The van der Waals surface area contributed by atoms with Gasteiger partial charge in [0, 0.05) is 24.8 Å². The van der Waals surface area contributed by atoms with Crippen LogP contribution < -0.4 is 10.2 Å². The molecule has 4 nitrogen and oxygen atoms in total. The summed E-state index contributed by atoms with van der Waals surface area (Å²) in [5.74, 6) is -0.441. The Morgan fingerprint density at radius 1 is 1.16 bits per heavy atom. The largest absolute Gasteiger partial charge is 0.416 e. The van der Waals surface area contributed by atoms with Gasteiger partial charge < -0.3 is 10.2 Å². The molecule has 1 N–H and O–H groups in total. The second-order valence-electron chi connectivity index (χ2n) is 5.85. The number of carbonyl (C=O) groups excluding carboxylic acids is 2. The number of alkyl halides is 3. The molecule has 1 heterocycles. The van der Waals surface area contributed by atoms with E-state index >= 15 is 0 Å². The van der Waals surface area contributed by atoms with Crippen LogP contribution in [-0.2, 0) is 23.9 Å². The van der Waals surface area contributed by atoms with E-state index in [-0.39, 0.29) is 18.0 Å². The molecule has 0 atom stereocenters. The van der Waals surface area contributed by atoms with Crippen LogP contribution >= 0.6 is 0 Å². The standard InChI is InChI=1S/C18H15F3N2O2/c1-23-15-7-2-11(8-13(15)9-16(23)24)10-22-17(25)12-3-5-14(6-4-12)18(19,20)21/h2-8H,9-10H2,1H3,(H,22,25). The average molecular weight is 348 g/mol.